The molecule has 0 atom stereocenters. The number of fused-ring (bicyclic) bond motifs is 1. The van der Waals surface area contributed by atoms with Crippen LogP contribution < -0.4 is 11.1 Å². The summed E-state index contributed by atoms with van der Waals surface area (Å²) in [5.41, 5.74) is 9.54. The van der Waals surface area contributed by atoms with Gasteiger partial charge in [-0.1, -0.05) is 0 Å². The van der Waals surface area contributed by atoms with E-state index in [1.807, 2.05) is 24.3 Å². The molecular weight excluding hydrogens is 226 g/mol. The number of nitrogens with one attached hydrogen (secondary N) is 1. The lowest BCUT2D eigenvalue weighted by atomic mass is 10.1. The summed E-state index contributed by atoms with van der Waals surface area (Å²) in [4.78, 5) is 15.7. The molecule has 4 heteroatoms. The number of anilines is 2. The molecule has 2 aromatic rings. The van der Waals surface area contributed by atoms with Crippen molar-refractivity contribution in [3.8, 4) is 0 Å². The second kappa shape index (κ2) is 3.98. The first-order valence-electron chi connectivity index (χ1n) is 6.11. The van der Waals surface area contributed by atoms with Crippen molar-refractivity contribution >= 4 is 28.2 Å². The van der Waals surface area contributed by atoms with E-state index in [0.717, 1.165) is 28.0 Å². The van der Waals surface area contributed by atoms with Gasteiger partial charge in [-0.15, -0.1) is 0 Å². The van der Waals surface area contributed by atoms with Crippen LogP contribution in [0.1, 0.15) is 31.4 Å². The summed E-state index contributed by atoms with van der Waals surface area (Å²) >= 11 is 0. The van der Waals surface area contributed by atoms with Crippen LogP contribution in [0.25, 0.3) is 10.9 Å². The minimum absolute atomic E-state index is 0.0875. The number of hydrogen-bond donors (Lipinski definition) is 2. The highest BCUT2D eigenvalue weighted by Gasteiger charge is 2.25. The van der Waals surface area contributed by atoms with E-state index < -0.39 is 0 Å². The molecule has 3 rings (SSSR count). The van der Waals surface area contributed by atoms with Gasteiger partial charge in [0.05, 0.1) is 5.52 Å². The van der Waals surface area contributed by atoms with Crippen LogP contribution in [0.2, 0.25) is 0 Å². The van der Waals surface area contributed by atoms with Gasteiger partial charge < -0.3 is 11.1 Å². The topological polar surface area (TPSA) is 68.0 Å². The fourth-order valence-corrected chi connectivity index (χ4v) is 2.14. The third-order valence-electron chi connectivity index (χ3n) is 3.18. The lowest BCUT2D eigenvalue weighted by Crippen LogP contribution is -2.05. The summed E-state index contributed by atoms with van der Waals surface area (Å²) in [6.45, 7) is 1.49. The Morgan fingerprint density at radius 1 is 1.39 bits per heavy atom. The zero-order valence-corrected chi connectivity index (χ0v) is 10.2. The summed E-state index contributed by atoms with van der Waals surface area (Å²) in [7, 11) is 0. The van der Waals surface area contributed by atoms with Crippen LogP contribution in [-0.4, -0.2) is 10.9 Å². The van der Waals surface area contributed by atoms with Crippen LogP contribution in [0.15, 0.2) is 24.3 Å². The number of hydrogen-bond acceptors (Lipinski definition) is 3. The Morgan fingerprint density at radius 2 is 2.17 bits per heavy atom. The number of amides is 1. The minimum Gasteiger partial charge on any atom is -0.398 e. The fraction of sp³-hybridized carbons (Fsp3) is 0.286. The summed E-state index contributed by atoms with van der Waals surface area (Å²) in [6.07, 6.45) is 2.42. The highest BCUT2D eigenvalue weighted by Crippen LogP contribution is 2.40. The van der Waals surface area contributed by atoms with Gasteiger partial charge in [0.25, 0.3) is 0 Å². The Morgan fingerprint density at radius 3 is 2.83 bits per heavy atom. The number of pyridine rings is 1. The van der Waals surface area contributed by atoms with Gasteiger partial charge in [0, 0.05) is 35.3 Å². The van der Waals surface area contributed by atoms with E-state index >= 15 is 0 Å². The van der Waals surface area contributed by atoms with Gasteiger partial charge in [-0.25, -0.2) is 0 Å². The smallest absolute Gasteiger partial charge is 0.221 e. The molecule has 3 N–H and O–H groups in total. The van der Waals surface area contributed by atoms with Crippen LogP contribution in [-0.2, 0) is 4.79 Å². The predicted octanol–water partition coefficient (Wildman–Crippen LogP) is 2.65. The van der Waals surface area contributed by atoms with Gasteiger partial charge in [0.2, 0.25) is 5.91 Å². The molecule has 0 saturated heterocycles. The van der Waals surface area contributed by atoms with Gasteiger partial charge in [-0.2, -0.15) is 0 Å². The van der Waals surface area contributed by atoms with Crippen molar-refractivity contribution in [2.75, 3.05) is 11.1 Å². The van der Waals surface area contributed by atoms with E-state index in [0.29, 0.717) is 5.92 Å². The monoisotopic (exact) mass is 241 g/mol. The number of nitrogen functional groups attached to an aromatic ring is 1. The summed E-state index contributed by atoms with van der Waals surface area (Å²) in [5.74, 6) is 0.502. The SMILES string of the molecule is CC(=O)Nc1ccc2nc(C3CC3)cc(N)c2c1. The number of rotatable bonds is 2. The highest BCUT2D eigenvalue weighted by atomic mass is 16.1. The van der Waals surface area contributed by atoms with E-state index in [1.165, 1.54) is 19.8 Å². The lowest BCUT2D eigenvalue weighted by Gasteiger charge is -2.08. The Kier molecular flexibility index (Phi) is 2.44. The minimum atomic E-state index is -0.0875. The normalized spacial score (nSPS) is 14.7. The molecule has 1 aromatic heterocycles. The number of nitrogens with zero attached hydrogens (tertiary/aromatic N) is 1. The van der Waals surface area contributed by atoms with E-state index in [1.54, 1.807) is 0 Å². The highest BCUT2D eigenvalue weighted by molar-refractivity contribution is 5.96. The molecule has 0 spiro atoms. The second-order valence-corrected chi connectivity index (χ2v) is 4.82. The van der Waals surface area contributed by atoms with Crippen LogP contribution in [0.3, 0.4) is 0 Å². The number of carbonyl (C=O) groups is 1. The Labute approximate surface area is 105 Å². The molecule has 18 heavy (non-hydrogen) atoms. The average molecular weight is 241 g/mol. The zero-order valence-electron chi connectivity index (χ0n) is 10.2. The predicted molar refractivity (Wildman–Crippen MR) is 72.4 cm³/mol. The van der Waals surface area contributed by atoms with Crippen molar-refractivity contribution in [1.29, 1.82) is 0 Å². The third-order valence-corrected chi connectivity index (χ3v) is 3.18. The number of nitrogens with two attached hydrogens (primary N) is 1. The Hall–Kier alpha value is -2.10. The molecule has 0 unspecified atom stereocenters. The standard InChI is InChI=1S/C14H15N3O/c1-8(18)16-10-4-5-13-11(6-10)12(15)7-14(17-13)9-2-3-9/h4-7,9H,2-3H2,1H3,(H2,15,17)(H,16,18). The van der Waals surface area contributed by atoms with Gasteiger partial charge in [0.1, 0.15) is 0 Å². The third kappa shape index (κ3) is 2.01. The summed E-state index contributed by atoms with van der Waals surface area (Å²) < 4.78 is 0. The fourth-order valence-electron chi connectivity index (χ4n) is 2.14. The molecule has 0 aliphatic heterocycles. The average Bonchev–Trinajstić information content (AvgIpc) is 3.12. The van der Waals surface area contributed by atoms with Crippen LogP contribution in [0.4, 0.5) is 11.4 Å². The molecule has 4 nitrogen and oxygen atoms in total. The first kappa shape index (κ1) is 11.0. The van der Waals surface area contributed by atoms with E-state index in [-0.39, 0.29) is 5.91 Å². The van der Waals surface area contributed by atoms with Crippen molar-refractivity contribution < 1.29 is 4.79 Å². The quantitative estimate of drug-likeness (QED) is 0.849. The van der Waals surface area contributed by atoms with Gasteiger partial charge in [-0.05, 0) is 37.1 Å². The molecule has 0 radical (unpaired) electrons. The zero-order chi connectivity index (χ0) is 12.7. The maximum absolute atomic E-state index is 11.0. The molecule has 0 bridgehead atoms. The van der Waals surface area contributed by atoms with E-state index in [9.17, 15) is 4.79 Å². The maximum atomic E-state index is 11.0. The molecule has 1 saturated carbocycles. The molecule has 1 fully saturated rings. The molecule has 1 amide bonds. The molecule has 1 aliphatic carbocycles. The molecule has 92 valence electrons. The van der Waals surface area contributed by atoms with Gasteiger partial charge in [-0.3, -0.25) is 9.78 Å². The first-order valence-corrected chi connectivity index (χ1v) is 6.11. The molecule has 1 aliphatic rings. The first-order chi connectivity index (χ1) is 8.63. The van der Waals surface area contributed by atoms with Crippen LogP contribution >= 0.6 is 0 Å². The second-order valence-electron chi connectivity index (χ2n) is 4.82. The van der Waals surface area contributed by atoms with Crippen molar-refractivity contribution in [1.82, 2.24) is 4.98 Å². The number of carbonyl (C=O) groups excluding carboxylic acids is 1. The van der Waals surface area contributed by atoms with Gasteiger partial charge in [0.15, 0.2) is 0 Å². The number of aromatic nitrogens is 1. The number of benzene rings is 1. The largest absolute Gasteiger partial charge is 0.398 e. The summed E-state index contributed by atoms with van der Waals surface area (Å²) in [6, 6.07) is 7.59. The van der Waals surface area contributed by atoms with Crippen LogP contribution in [0, 0.1) is 0 Å². The van der Waals surface area contributed by atoms with E-state index in [4.69, 9.17) is 5.73 Å². The van der Waals surface area contributed by atoms with E-state index in [2.05, 4.69) is 10.3 Å². The van der Waals surface area contributed by atoms with Crippen molar-refractivity contribution in [2.24, 2.45) is 0 Å². The molecule has 1 heterocycles. The van der Waals surface area contributed by atoms with Crippen molar-refractivity contribution in [3.05, 3.63) is 30.0 Å². The lowest BCUT2D eigenvalue weighted by molar-refractivity contribution is -0.114. The molecular formula is C14H15N3O. The maximum Gasteiger partial charge on any atom is 0.221 e. The van der Waals surface area contributed by atoms with Crippen molar-refractivity contribution in [2.45, 2.75) is 25.7 Å². The Balaban J connectivity index is 2.08. The van der Waals surface area contributed by atoms with Crippen LogP contribution in [0.5, 0.6) is 0 Å². The molecule has 1 aromatic carbocycles. The van der Waals surface area contributed by atoms with Crippen molar-refractivity contribution in [3.63, 3.8) is 0 Å². The Bertz CT molecular complexity index is 632. The summed E-state index contributed by atoms with van der Waals surface area (Å²) in [5, 5.41) is 3.65. The van der Waals surface area contributed by atoms with Gasteiger partial charge >= 0.3 is 0 Å².